The third kappa shape index (κ3) is 2.53. The molecule has 1 saturated carbocycles. The van der Waals surface area contributed by atoms with Crippen molar-refractivity contribution in [2.45, 2.75) is 60.4 Å². The van der Waals surface area contributed by atoms with Gasteiger partial charge in [-0.25, -0.2) is 0 Å². The summed E-state index contributed by atoms with van der Waals surface area (Å²) in [6.07, 6.45) is 2.41. The van der Waals surface area contributed by atoms with Gasteiger partial charge in [0.15, 0.2) is 0 Å². The molecule has 1 unspecified atom stereocenters. The van der Waals surface area contributed by atoms with Gasteiger partial charge in [0.1, 0.15) is 0 Å². The van der Waals surface area contributed by atoms with E-state index in [-0.39, 0.29) is 0 Å². The molecule has 2 rings (SSSR count). The standard InChI is InChI=1S/C19H31N/c1-7-9-14-10-12-15(13-11-14)16(20-8-2)17-18(3,4)19(17,5)6/h10-13,16-17,20H,7-9H2,1-6H3. The van der Waals surface area contributed by atoms with E-state index in [9.17, 15) is 0 Å². The van der Waals surface area contributed by atoms with Gasteiger partial charge in [-0.1, -0.05) is 72.2 Å². The fraction of sp³-hybridized carbons (Fsp3) is 0.684. The molecule has 1 N–H and O–H groups in total. The van der Waals surface area contributed by atoms with Crippen molar-refractivity contribution < 1.29 is 0 Å². The number of nitrogens with one attached hydrogen (secondary N) is 1. The molecule has 1 aromatic rings. The Balaban J connectivity index is 2.22. The van der Waals surface area contributed by atoms with Crippen molar-refractivity contribution in [1.29, 1.82) is 0 Å². The Hall–Kier alpha value is -0.820. The minimum absolute atomic E-state index is 0.419. The Morgan fingerprint density at radius 2 is 1.55 bits per heavy atom. The zero-order valence-corrected chi connectivity index (χ0v) is 14.1. The van der Waals surface area contributed by atoms with Crippen molar-refractivity contribution in [1.82, 2.24) is 5.32 Å². The topological polar surface area (TPSA) is 12.0 Å². The molecule has 0 saturated heterocycles. The van der Waals surface area contributed by atoms with Crippen LogP contribution in [-0.2, 0) is 6.42 Å². The Labute approximate surface area is 125 Å². The summed E-state index contributed by atoms with van der Waals surface area (Å²) in [5, 5.41) is 3.72. The van der Waals surface area contributed by atoms with E-state index in [1.165, 1.54) is 24.0 Å². The lowest BCUT2D eigenvalue weighted by Crippen LogP contribution is -2.25. The molecule has 1 atom stereocenters. The molecule has 0 amide bonds. The van der Waals surface area contributed by atoms with Gasteiger partial charge in [0, 0.05) is 6.04 Å². The summed E-state index contributed by atoms with van der Waals surface area (Å²) in [6, 6.07) is 9.78. The first-order valence-corrected chi connectivity index (χ1v) is 8.18. The minimum atomic E-state index is 0.419. The lowest BCUT2D eigenvalue weighted by Gasteiger charge is -2.21. The van der Waals surface area contributed by atoms with E-state index in [2.05, 4.69) is 71.1 Å². The first-order valence-electron chi connectivity index (χ1n) is 8.18. The van der Waals surface area contributed by atoms with Crippen LogP contribution >= 0.6 is 0 Å². The van der Waals surface area contributed by atoms with Crippen LogP contribution in [0.1, 0.15) is 65.1 Å². The maximum atomic E-state index is 3.72. The normalized spacial score (nSPS) is 21.7. The van der Waals surface area contributed by atoms with Gasteiger partial charge in [0.05, 0.1) is 0 Å². The first kappa shape index (κ1) is 15.6. The van der Waals surface area contributed by atoms with Crippen LogP contribution in [0.3, 0.4) is 0 Å². The molecule has 20 heavy (non-hydrogen) atoms. The van der Waals surface area contributed by atoms with Gasteiger partial charge >= 0.3 is 0 Å². The Kier molecular flexibility index (Phi) is 4.30. The van der Waals surface area contributed by atoms with Crippen LogP contribution in [0.2, 0.25) is 0 Å². The lowest BCUT2D eigenvalue weighted by atomic mass is 9.95. The van der Waals surface area contributed by atoms with Crippen LogP contribution in [-0.4, -0.2) is 6.54 Å². The second kappa shape index (κ2) is 5.52. The van der Waals surface area contributed by atoms with Crippen LogP contribution in [0.15, 0.2) is 24.3 Å². The molecule has 1 aliphatic rings. The number of rotatable bonds is 6. The van der Waals surface area contributed by atoms with E-state index in [4.69, 9.17) is 0 Å². The Morgan fingerprint density at radius 1 is 1.00 bits per heavy atom. The van der Waals surface area contributed by atoms with Crippen molar-refractivity contribution in [3.63, 3.8) is 0 Å². The van der Waals surface area contributed by atoms with Gasteiger partial charge in [0.2, 0.25) is 0 Å². The van der Waals surface area contributed by atoms with Gasteiger partial charge < -0.3 is 5.32 Å². The largest absolute Gasteiger partial charge is 0.310 e. The van der Waals surface area contributed by atoms with Crippen molar-refractivity contribution in [3.8, 4) is 0 Å². The van der Waals surface area contributed by atoms with E-state index in [1.807, 2.05) is 0 Å². The Morgan fingerprint density at radius 3 is 1.95 bits per heavy atom. The van der Waals surface area contributed by atoms with Crippen molar-refractivity contribution >= 4 is 0 Å². The van der Waals surface area contributed by atoms with E-state index in [0.717, 1.165) is 6.54 Å². The molecule has 0 aromatic heterocycles. The molecule has 0 radical (unpaired) electrons. The van der Waals surface area contributed by atoms with Crippen LogP contribution in [0.4, 0.5) is 0 Å². The quantitative estimate of drug-likeness (QED) is 0.771. The fourth-order valence-corrected chi connectivity index (χ4v) is 3.91. The summed E-state index contributed by atoms with van der Waals surface area (Å²) < 4.78 is 0. The molecule has 1 aliphatic carbocycles. The molecule has 1 aromatic carbocycles. The zero-order valence-electron chi connectivity index (χ0n) is 14.1. The lowest BCUT2D eigenvalue weighted by molar-refractivity contribution is 0.418. The highest BCUT2D eigenvalue weighted by molar-refractivity contribution is 5.30. The predicted molar refractivity (Wildman–Crippen MR) is 87.9 cm³/mol. The summed E-state index contributed by atoms with van der Waals surface area (Å²) >= 11 is 0. The van der Waals surface area contributed by atoms with Crippen LogP contribution in [0.25, 0.3) is 0 Å². The third-order valence-corrected chi connectivity index (χ3v) is 5.77. The molecule has 0 bridgehead atoms. The van der Waals surface area contributed by atoms with Crippen molar-refractivity contribution in [2.24, 2.45) is 16.7 Å². The zero-order chi connectivity index (χ0) is 15.0. The van der Waals surface area contributed by atoms with E-state index in [1.54, 1.807) is 0 Å². The van der Waals surface area contributed by atoms with Gasteiger partial charge in [0.25, 0.3) is 0 Å². The third-order valence-electron chi connectivity index (χ3n) is 5.77. The van der Waals surface area contributed by atoms with Gasteiger partial charge in [-0.05, 0) is 40.8 Å². The summed E-state index contributed by atoms with van der Waals surface area (Å²) in [6.45, 7) is 15.1. The average Bonchev–Trinajstić information content (AvgIpc) is 2.79. The average molecular weight is 273 g/mol. The second-order valence-corrected chi connectivity index (χ2v) is 7.45. The van der Waals surface area contributed by atoms with Gasteiger partial charge in [-0.3, -0.25) is 0 Å². The van der Waals surface area contributed by atoms with Crippen molar-refractivity contribution in [3.05, 3.63) is 35.4 Å². The molecule has 0 spiro atoms. The summed E-state index contributed by atoms with van der Waals surface area (Å²) in [5.74, 6) is 0.715. The summed E-state index contributed by atoms with van der Waals surface area (Å²) in [4.78, 5) is 0. The Bertz CT molecular complexity index is 427. The molecule has 1 fully saturated rings. The maximum Gasteiger partial charge on any atom is 0.0359 e. The minimum Gasteiger partial charge on any atom is -0.310 e. The summed E-state index contributed by atoms with van der Waals surface area (Å²) in [5.41, 5.74) is 3.75. The monoisotopic (exact) mass is 273 g/mol. The predicted octanol–water partition coefficient (Wildman–Crippen LogP) is 4.97. The van der Waals surface area contributed by atoms with Crippen LogP contribution < -0.4 is 5.32 Å². The van der Waals surface area contributed by atoms with Gasteiger partial charge in [-0.2, -0.15) is 0 Å². The number of aryl methyl sites for hydroxylation is 1. The molecular formula is C19H31N. The molecule has 1 nitrogen and oxygen atoms in total. The highest BCUT2D eigenvalue weighted by atomic mass is 15.0. The molecule has 0 heterocycles. The number of benzene rings is 1. The summed E-state index contributed by atoms with van der Waals surface area (Å²) in [7, 11) is 0. The SMILES string of the molecule is CCCc1ccc(C(NCC)C2C(C)(C)C2(C)C)cc1. The van der Waals surface area contributed by atoms with Gasteiger partial charge in [-0.15, -0.1) is 0 Å². The van der Waals surface area contributed by atoms with E-state index in [0.29, 0.717) is 22.8 Å². The first-order chi connectivity index (χ1) is 9.36. The van der Waals surface area contributed by atoms with Crippen LogP contribution in [0.5, 0.6) is 0 Å². The van der Waals surface area contributed by atoms with Crippen LogP contribution in [0, 0.1) is 16.7 Å². The maximum absolute atomic E-state index is 3.72. The highest BCUT2D eigenvalue weighted by Gasteiger charge is 2.67. The molecule has 112 valence electrons. The van der Waals surface area contributed by atoms with E-state index < -0.39 is 0 Å². The highest BCUT2D eigenvalue weighted by Crippen LogP contribution is 2.72. The fourth-order valence-electron chi connectivity index (χ4n) is 3.91. The number of hydrogen-bond donors (Lipinski definition) is 1. The van der Waals surface area contributed by atoms with E-state index >= 15 is 0 Å². The smallest absolute Gasteiger partial charge is 0.0359 e. The molecule has 0 aliphatic heterocycles. The number of hydrogen-bond acceptors (Lipinski definition) is 1. The van der Waals surface area contributed by atoms with Crippen molar-refractivity contribution in [2.75, 3.05) is 6.54 Å². The second-order valence-electron chi connectivity index (χ2n) is 7.45. The molecule has 1 heteroatoms. The molecular weight excluding hydrogens is 242 g/mol.